The molecule has 0 radical (unpaired) electrons. The largest absolute Gasteiger partial charge is 0.319 e. The number of hydrogen-bond donors (Lipinski definition) is 1. The van der Waals surface area contributed by atoms with Crippen molar-refractivity contribution in [2.45, 2.75) is 51.1 Å². The van der Waals surface area contributed by atoms with Crippen LogP contribution in [0.5, 0.6) is 0 Å². The van der Waals surface area contributed by atoms with Gasteiger partial charge >= 0.3 is 0 Å². The first kappa shape index (κ1) is 19.8. The Labute approximate surface area is 173 Å². The van der Waals surface area contributed by atoms with Gasteiger partial charge in [0.15, 0.2) is 0 Å². The predicted molar refractivity (Wildman–Crippen MR) is 108 cm³/mol. The Balaban J connectivity index is 1.48. The first-order valence-corrected chi connectivity index (χ1v) is 10.3. The monoisotopic (exact) mass is 418 g/mol. The van der Waals surface area contributed by atoms with Gasteiger partial charge in [-0.05, 0) is 44.4 Å². The first-order chi connectivity index (χ1) is 14.0. The average Bonchev–Trinajstić information content (AvgIpc) is 3.22. The van der Waals surface area contributed by atoms with Crippen molar-refractivity contribution >= 4 is 28.9 Å². The number of rotatable bonds is 5. The minimum Gasteiger partial charge on any atom is -0.319 e. The molecule has 0 saturated carbocycles. The van der Waals surface area contributed by atoms with Gasteiger partial charge in [0.1, 0.15) is 17.3 Å². The number of nitro groups is 1. The smallest absolute Gasteiger partial charge is 0.294 e. The van der Waals surface area contributed by atoms with E-state index in [1.165, 1.54) is 24.6 Å². The van der Waals surface area contributed by atoms with Crippen molar-refractivity contribution in [2.24, 2.45) is 0 Å². The zero-order valence-electron chi connectivity index (χ0n) is 16.0. The molecule has 1 atom stereocenters. The molecule has 0 aliphatic carbocycles. The SMILES string of the molecule is O=C(CN1CCCC1c1nnc2n1CCCCC2)Nc1ccc(Cl)cc1[N+](=O)[O-]. The Hall–Kier alpha value is -2.52. The number of halogens is 1. The van der Waals surface area contributed by atoms with Crippen LogP contribution in [0.3, 0.4) is 0 Å². The van der Waals surface area contributed by atoms with E-state index in [1.807, 2.05) is 0 Å². The summed E-state index contributed by atoms with van der Waals surface area (Å²) in [5, 5.41) is 23.0. The molecule has 1 aromatic heterocycles. The number of nitrogens with one attached hydrogen (secondary N) is 1. The lowest BCUT2D eigenvalue weighted by atomic mass is 10.2. The Bertz CT molecular complexity index is 931. The van der Waals surface area contributed by atoms with E-state index in [-0.39, 0.29) is 34.9 Å². The summed E-state index contributed by atoms with van der Waals surface area (Å²) in [6.07, 6.45) is 6.29. The van der Waals surface area contributed by atoms with E-state index < -0.39 is 4.92 Å². The molecule has 154 valence electrons. The lowest BCUT2D eigenvalue weighted by Crippen LogP contribution is -2.34. The average molecular weight is 419 g/mol. The van der Waals surface area contributed by atoms with E-state index in [0.717, 1.165) is 56.8 Å². The number of aryl methyl sites for hydroxylation is 1. The highest BCUT2D eigenvalue weighted by Gasteiger charge is 2.32. The van der Waals surface area contributed by atoms with Crippen molar-refractivity contribution in [3.63, 3.8) is 0 Å². The maximum Gasteiger partial charge on any atom is 0.294 e. The van der Waals surface area contributed by atoms with Crippen molar-refractivity contribution in [1.82, 2.24) is 19.7 Å². The summed E-state index contributed by atoms with van der Waals surface area (Å²) in [5.74, 6) is 1.67. The number of fused-ring (bicyclic) bond motifs is 1. The number of carbonyl (C=O) groups is 1. The van der Waals surface area contributed by atoms with Gasteiger partial charge in [-0.1, -0.05) is 18.0 Å². The third-order valence-electron chi connectivity index (χ3n) is 5.58. The van der Waals surface area contributed by atoms with Gasteiger partial charge in [0.05, 0.1) is 17.5 Å². The number of nitrogens with zero attached hydrogens (tertiary/aromatic N) is 5. The summed E-state index contributed by atoms with van der Waals surface area (Å²) in [5.41, 5.74) is -0.0666. The van der Waals surface area contributed by atoms with E-state index in [1.54, 1.807) is 0 Å². The van der Waals surface area contributed by atoms with E-state index in [4.69, 9.17) is 11.6 Å². The van der Waals surface area contributed by atoms with Crippen LogP contribution < -0.4 is 5.32 Å². The van der Waals surface area contributed by atoms with E-state index >= 15 is 0 Å². The molecule has 1 amide bonds. The van der Waals surface area contributed by atoms with Crippen LogP contribution in [-0.4, -0.2) is 43.6 Å². The fourth-order valence-electron chi connectivity index (χ4n) is 4.20. The fraction of sp³-hybridized carbons (Fsp3) is 0.526. The van der Waals surface area contributed by atoms with Gasteiger partial charge in [-0.3, -0.25) is 19.8 Å². The molecule has 1 unspecified atom stereocenters. The normalized spacial score (nSPS) is 19.6. The number of aromatic nitrogens is 3. The Morgan fingerprint density at radius 2 is 2.10 bits per heavy atom. The molecule has 9 nitrogen and oxygen atoms in total. The van der Waals surface area contributed by atoms with Crippen LogP contribution in [0.1, 0.15) is 49.8 Å². The van der Waals surface area contributed by atoms with Crippen molar-refractivity contribution < 1.29 is 9.72 Å². The molecular weight excluding hydrogens is 396 g/mol. The summed E-state index contributed by atoms with van der Waals surface area (Å²) >= 11 is 5.84. The van der Waals surface area contributed by atoms with Crippen LogP contribution in [0.25, 0.3) is 0 Å². The zero-order valence-corrected chi connectivity index (χ0v) is 16.8. The Kier molecular flexibility index (Phi) is 5.77. The molecule has 29 heavy (non-hydrogen) atoms. The highest BCUT2D eigenvalue weighted by Crippen LogP contribution is 2.32. The summed E-state index contributed by atoms with van der Waals surface area (Å²) in [7, 11) is 0. The van der Waals surface area contributed by atoms with Crippen molar-refractivity contribution in [2.75, 3.05) is 18.4 Å². The molecule has 1 aromatic carbocycles. The van der Waals surface area contributed by atoms with Crippen LogP contribution in [0, 0.1) is 10.1 Å². The minimum atomic E-state index is -0.550. The maximum atomic E-state index is 12.6. The van der Waals surface area contributed by atoms with Gasteiger partial charge in [0.2, 0.25) is 5.91 Å². The molecule has 4 rings (SSSR count). The van der Waals surface area contributed by atoms with Crippen LogP contribution in [0.2, 0.25) is 5.02 Å². The van der Waals surface area contributed by atoms with Gasteiger partial charge in [-0.2, -0.15) is 0 Å². The number of nitro benzene ring substituents is 1. The predicted octanol–water partition coefficient (Wildman–Crippen LogP) is 3.34. The second kappa shape index (κ2) is 8.46. The fourth-order valence-corrected chi connectivity index (χ4v) is 4.36. The minimum absolute atomic E-state index is 0.0419. The van der Waals surface area contributed by atoms with Crippen molar-refractivity contribution in [1.29, 1.82) is 0 Å². The number of amides is 1. The van der Waals surface area contributed by atoms with Crippen LogP contribution >= 0.6 is 11.6 Å². The summed E-state index contributed by atoms with van der Waals surface area (Å²) in [6, 6.07) is 4.26. The van der Waals surface area contributed by atoms with Crippen LogP contribution in [0.15, 0.2) is 18.2 Å². The topological polar surface area (TPSA) is 106 Å². The van der Waals surface area contributed by atoms with E-state index in [9.17, 15) is 14.9 Å². The lowest BCUT2D eigenvalue weighted by molar-refractivity contribution is -0.383. The number of hydrogen-bond acceptors (Lipinski definition) is 6. The van der Waals surface area contributed by atoms with Gasteiger partial charge < -0.3 is 9.88 Å². The molecule has 0 bridgehead atoms. The van der Waals surface area contributed by atoms with Gasteiger partial charge in [0, 0.05) is 24.1 Å². The first-order valence-electron chi connectivity index (χ1n) is 9.93. The number of anilines is 1. The van der Waals surface area contributed by atoms with Gasteiger partial charge in [-0.15, -0.1) is 10.2 Å². The third-order valence-corrected chi connectivity index (χ3v) is 5.81. The lowest BCUT2D eigenvalue weighted by Gasteiger charge is -2.23. The number of likely N-dealkylation sites (tertiary alicyclic amines) is 1. The molecular formula is C19H23ClN6O3. The molecule has 1 N–H and O–H groups in total. The third kappa shape index (κ3) is 4.25. The second-order valence-electron chi connectivity index (χ2n) is 7.53. The quantitative estimate of drug-likeness (QED) is 0.589. The molecule has 2 aliphatic rings. The molecule has 2 aromatic rings. The van der Waals surface area contributed by atoms with Crippen molar-refractivity contribution in [3.05, 3.63) is 45.0 Å². The zero-order chi connectivity index (χ0) is 20.4. The van der Waals surface area contributed by atoms with Crippen LogP contribution in [-0.2, 0) is 17.8 Å². The Morgan fingerprint density at radius 3 is 2.93 bits per heavy atom. The molecule has 0 spiro atoms. The molecule has 2 aliphatic heterocycles. The number of benzene rings is 1. The summed E-state index contributed by atoms with van der Waals surface area (Å²) < 4.78 is 2.22. The standard InChI is InChI=1S/C19H23ClN6O3/c20-13-7-8-14(16(11-13)26(28)29)21-18(27)12-24-9-4-5-15(24)19-23-22-17-6-2-1-3-10-25(17)19/h7-8,11,15H,1-6,9-10,12H2,(H,21,27). The van der Waals surface area contributed by atoms with Gasteiger partial charge in [-0.25, -0.2) is 0 Å². The Morgan fingerprint density at radius 1 is 1.24 bits per heavy atom. The molecule has 1 saturated heterocycles. The summed E-state index contributed by atoms with van der Waals surface area (Å²) in [4.78, 5) is 25.4. The highest BCUT2D eigenvalue weighted by molar-refractivity contribution is 6.31. The van der Waals surface area contributed by atoms with Crippen molar-refractivity contribution in [3.8, 4) is 0 Å². The summed E-state index contributed by atoms with van der Waals surface area (Å²) in [6.45, 7) is 1.85. The maximum absolute atomic E-state index is 12.6. The molecule has 1 fully saturated rings. The number of carbonyl (C=O) groups excluding carboxylic acids is 1. The van der Waals surface area contributed by atoms with Gasteiger partial charge in [0.25, 0.3) is 5.69 Å². The van der Waals surface area contributed by atoms with E-state index in [0.29, 0.717) is 0 Å². The van der Waals surface area contributed by atoms with Crippen LogP contribution in [0.4, 0.5) is 11.4 Å². The molecule has 10 heteroatoms. The second-order valence-corrected chi connectivity index (χ2v) is 7.97. The van der Waals surface area contributed by atoms with E-state index in [2.05, 4.69) is 25.0 Å². The highest BCUT2D eigenvalue weighted by atomic mass is 35.5. The molecule has 3 heterocycles.